The third-order valence-corrected chi connectivity index (χ3v) is 4.13. The predicted molar refractivity (Wildman–Crippen MR) is 95.7 cm³/mol. The Bertz CT molecular complexity index is 935. The van der Waals surface area contributed by atoms with Crippen LogP contribution in [0.2, 0.25) is 0 Å². The molecule has 9 heteroatoms. The third-order valence-electron chi connectivity index (χ3n) is 3.48. The van der Waals surface area contributed by atoms with Gasteiger partial charge < -0.3 is 16.6 Å². The van der Waals surface area contributed by atoms with Crippen LogP contribution >= 0.6 is 12.0 Å². The van der Waals surface area contributed by atoms with Crippen molar-refractivity contribution in [3.05, 3.63) is 48.5 Å². The summed E-state index contributed by atoms with van der Waals surface area (Å²) in [6, 6.07) is 14.2. The minimum atomic E-state index is -0.212. The predicted octanol–water partition coefficient (Wildman–Crippen LogP) is 4.55. The van der Waals surface area contributed by atoms with Gasteiger partial charge in [0.15, 0.2) is 0 Å². The van der Waals surface area contributed by atoms with Crippen LogP contribution in [0.4, 0.5) is 22.7 Å². The molecule has 0 aliphatic heterocycles. The molecule has 0 aliphatic carbocycles. The molecule has 0 heterocycles. The Labute approximate surface area is 146 Å². The summed E-state index contributed by atoms with van der Waals surface area (Å²) in [7, 11) is 0. The quantitative estimate of drug-likeness (QED) is 0.131. The van der Waals surface area contributed by atoms with E-state index in [0.29, 0.717) is 39.1 Å². The number of nitrogens with zero attached hydrogens (tertiary/aromatic N) is 2. The summed E-state index contributed by atoms with van der Waals surface area (Å²) in [5, 5.41) is 31.4. The Hall–Kier alpha value is -2.85. The fourth-order valence-electron chi connectivity index (χ4n) is 2.29. The van der Waals surface area contributed by atoms with Gasteiger partial charge in [0.25, 0.3) is 0 Å². The molecule has 8 nitrogen and oxygen atoms in total. The summed E-state index contributed by atoms with van der Waals surface area (Å²) >= 11 is 0.654. The van der Waals surface area contributed by atoms with Crippen LogP contribution in [-0.4, -0.2) is 10.4 Å². The molecule has 0 saturated heterocycles. The Morgan fingerprint density at radius 3 is 2.44 bits per heavy atom. The van der Waals surface area contributed by atoms with Gasteiger partial charge in [-0.3, -0.25) is 0 Å². The first-order chi connectivity index (χ1) is 12.1. The van der Waals surface area contributed by atoms with E-state index in [1.165, 1.54) is 0 Å². The van der Waals surface area contributed by atoms with Gasteiger partial charge in [0.1, 0.15) is 11.4 Å². The van der Waals surface area contributed by atoms with E-state index in [4.69, 9.17) is 16.7 Å². The molecule has 128 valence electrons. The van der Waals surface area contributed by atoms with Crippen molar-refractivity contribution in [1.29, 1.82) is 0 Å². The van der Waals surface area contributed by atoms with Crippen LogP contribution in [0.5, 0.6) is 5.75 Å². The number of azo groups is 1. The smallest absolute Gasteiger partial charge is 0.149 e. The minimum absolute atomic E-state index is 0.0402. The first kappa shape index (κ1) is 17.0. The molecule has 0 amide bonds. The lowest BCUT2D eigenvalue weighted by Crippen LogP contribution is -1.95. The Balaban J connectivity index is 2.05. The average Bonchev–Trinajstić information content (AvgIpc) is 2.63. The molecule has 0 saturated carbocycles. The fraction of sp³-hybridized carbons (Fsp3) is 0. The zero-order chi connectivity index (χ0) is 17.8. The molecule has 3 rings (SSSR count). The highest BCUT2D eigenvalue weighted by atomic mass is 32.2. The van der Waals surface area contributed by atoms with Gasteiger partial charge in [-0.05, 0) is 29.7 Å². The number of rotatable bonds is 5. The van der Waals surface area contributed by atoms with E-state index in [-0.39, 0.29) is 17.1 Å². The van der Waals surface area contributed by atoms with Crippen molar-refractivity contribution in [3.8, 4) is 5.75 Å². The highest BCUT2D eigenvalue weighted by molar-refractivity contribution is 7.94. The number of hydrogen-bond acceptors (Lipinski definition) is 9. The van der Waals surface area contributed by atoms with E-state index >= 15 is 0 Å². The largest absolute Gasteiger partial charge is 0.505 e. The van der Waals surface area contributed by atoms with Crippen molar-refractivity contribution in [2.24, 2.45) is 10.2 Å². The van der Waals surface area contributed by atoms with E-state index in [1.807, 2.05) is 30.3 Å². The Morgan fingerprint density at radius 2 is 1.72 bits per heavy atom. The maximum absolute atomic E-state index is 10.4. The number of nitrogen functional groups attached to an aromatic ring is 2. The lowest BCUT2D eigenvalue weighted by atomic mass is 10.1. The highest BCUT2D eigenvalue weighted by Gasteiger charge is 2.16. The van der Waals surface area contributed by atoms with E-state index in [2.05, 4.69) is 19.6 Å². The molecule has 0 bridgehead atoms. The molecule has 0 radical (unpaired) electrons. The number of fused-ring (bicyclic) bond motifs is 1. The summed E-state index contributed by atoms with van der Waals surface area (Å²) in [5.41, 5.74) is 13.4. The number of hydrogen-bond donors (Lipinski definition) is 4. The van der Waals surface area contributed by atoms with Crippen molar-refractivity contribution < 1.29 is 19.7 Å². The molecule has 3 aromatic rings. The van der Waals surface area contributed by atoms with Gasteiger partial charge in [0.05, 0.1) is 39.4 Å². The zero-order valence-corrected chi connectivity index (χ0v) is 13.6. The Morgan fingerprint density at radius 1 is 0.960 bits per heavy atom. The number of benzene rings is 3. The SMILES string of the molecule is Nc1c(SOOO)cc2ccc(N=Nc3ccccc3)c(N)c2c1O. The van der Waals surface area contributed by atoms with Crippen LogP contribution < -0.4 is 11.5 Å². The number of phenols is 1. The molecule has 0 unspecified atom stereocenters. The van der Waals surface area contributed by atoms with Crippen LogP contribution in [-0.2, 0) is 9.37 Å². The maximum atomic E-state index is 10.4. The second-order valence-corrected chi connectivity index (χ2v) is 5.74. The van der Waals surface area contributed by atoms with E-state index < -0.39 is 0 Å². The first-order valence-electron chi connectivity index (χ1n) is 7.07. The van der Waals surface area contributed by atoms with Gasteiger partial charge in [0.2, 0.25) is 0 Å². The molecular formula is C16H14N4O4S. The fourth-order valence-corrected chi connectivity index (χ4v) is 2.76. The van der Waals surface area contributed by atoms with Gasteiger partial charge in [0, 0.05) is 0 Å². The lowest BCUT2D eigenvalue weighted by molar-refractivity contribution is -0.432. The molecule has 0 fully saturated rings. The molecule has 0 spiro atoms. The third kappa shape index (κ3) is 3.49. The Kier molecular flexibility index (Phi) is 5.00. The summed E-state index contributed by atoms with van der Waals surface area (Å²) in [5.74, 6) is -0.212. The summed E-state index contributed by atoms with van der Waals surface area (Å²) in [6.45, 7) is 0. The van der Waals surface area contributed by atoms with Crippen LogP contribution in [0.1, 0.15) is 0 Å². The van der Waals surface area contributed by atoms with E-state index in [0.717, 1.165) is 0 Å². The summed E-state index contributed by atoms with van der Waals surface area (Å²) in [6.07, 6.45) is 0. The molecular weight excluding hydrogens is 344 g/mol. The summed E-state index contributed by atoms with van der Waals surface area (Å²) in [4.78, 5) is 0.358. The zero-order valence-electron chi connectivity index (χ0n) is 12.8. The van der Waals surface area contributed by atoms with Crippen molar-refractivity contribution >= 4 is 45.6 Å². The second kappa shape index (κ2) is 7.36. The van der Waals surface area contributed by atoms with Crippen LogP contribution in [0.25, 0.3) is 10.8 Å². The standard InChI is InChI=1S/C16H14N4O4S/c17-14-11(20-19-10-4-2-1-3-5-10)7-6-9-8-12(25-24-23-22)15(18)16(21)13(9)14/h1-8,21-22H,17-18H2. The van der Waals surface area contributed by atoms with Gasteiger partial charge in [-0.2, -0.15) is 5.11 Å². The van der Waals surface area contributed by atoms with Crippen molar-refractivity contribution in [3.63, 3.8) is 0 Å². The van der Waals surface area contributed by atoms with E-state index in [1.54, 1.807) is 18.2 Å². The maximum Gasteiger partial charge on any atom is 0.149 e. The summed E-state index contributed by atoms with van der Waals surface area (Å²) < 4.78 is 4.36. The van der Waals surface area contributed by atoms with Gasteiger partial charge >= 0.3 is 0 Å². The van der Waals surface area contributed by atoms with Crippen molar-refractivity contribution in [1.82, 2.24) is 0 Å². The van der Waals surface area contributed by atoms with Crippen LogP contribution in [0.3, 0.4) is 0 Å². The topological polar surface area (TPSA) is 136 Å². The molecule has 0 aliphatic rings. The number of aromatic hydroxyl groups is 1. The van der Waals surface area contributed by atoms with Gasteiger partial charge in [-0.15, -0.1) is 9.45 Å². The van der Waals surface area contributed by atoms with Crippen molar-refractivity contribution in [2.75, 3.05) is 11.5 Å². The number of anilines is 2. The number of nitrogens with two attached hydrogens (primary N) is 2. The van der Waals surface area contributed by atoms with Gasteiger partial charge in [-0.1, -0.05) is 29.3 Å². The van der Waals surface area contributed by atoms with Gasteiger partial charge in [-0.25, -0.2) is 5.26 Å². The minimum Gasteiger partial charge on any atom is -0.505 e. The monoisotopic (exact) mass is 358 g/mol. The van der Waals surface area contributed by atoms with E-state index in [9.17, 15) is 5.11 Å². The molecule has 3 aromatic carbocycles. The molecule has 0 atom stereocenters. The molecule has 0 aromatic heterocycles. The van der Waals surface area contributed by atoms with Crippen molar-refractivity contribution in [2.45, 2.75) is 4.90 Å². The van der Waals surface area contributed by atoms with Crippen LogP contribution in [0, 0.1) is 0 Å². The lowest BCUT2D eigenvalue weighted by Gasteiger charge is -2.12. The normalized spacial score (nSPS) is 11.4. The average molecular weight is 358 g/mol. The highest BCUT2D eigenvalue weighted by Crippen LogP contribution is 2.44. The molecule has 6 N–H and O–H groups in total. The second-order valence-electron chi connectivity index (χ2n) is 4.99. The molecule has 25 heavy (non-hydrogen) atoms. The van der Waals surface area contributed by atoms with Crippen LogP contribution in [0.15, 0.2) is 63.7 Å². The first-order valence-corrected chi connectivity index (χ1v) is 7.81. The number of phenolic OH excluding ortho intramolecular Hbond substituents is 1.